The van der Waals surface area contributed by atoms with Gasteiger partial charge in [0.1, 0.15) is 0 Å². The van der Waals surface area contributed by atoms with E-state index in [-0.39, 0.29) is 24.5 Å². The lowest BCUT2D eigenvalue weighted by Crippen LogP contribution is -2.38. The van der Waals surface area contributed by atoms with Gasteiger partial charge in [0.05, 0.1) is 13.2 Å². The Balaban J connectivity index is 0.00000169. The van der Waals surface area contributed by atoms with E-state index in [2.05, 4.69) is 10.1 Å². The van der Waals surface area contributed by atoms with E-state index in [4.69, 9.17) is 4.74 Å². The van der Waals surface area contributed by atoms with Crippen LogP contribution in [0, 0.1) is 0 Å². The van der Waals surface area contributed by atoms with Gasteiger partial charge in [0.2, 0.25) is 0 Å². The van der Waals surface area contributed by atoms with Crippen LogP contribution in [0.15, 0.2) is 0 Å². The first kappa shape index (κ1) is 13.5. The predicted molar refractivity (Wildman–Crippen MR) is 55.8 cm³/mol. The molecule has 0 saturated heterocycles. The molecule has 4 nitrogen and oxygen atoms in total. The molecular weight excluding hydrogens is 206 g/mol. The fourth-order valence-electron chi connectivity index (χ4n) is 1.67. The van der Waals surface area contributed by atoms with Crippen molar-refractivity contribution in [2.24, 2.45) is 0 Å². The van der Waals surface area contributed by atoms with Crippen molar-refractivity contribution in [3.63, 3.8) is 0 Å². The highest BCUT2D eigenvalue weighted by Gasteiger charge is 2.21. The van der Waals surface area contributed by atoms with E-state index in [0.717, 1.165) is 25.7 Å². The second-order valence-corrected chi connectivity index (χ2v) is 3.35. The second-order valence-electron chi connectivity index (χ2n) is 3.35. The number of halogens is 1. The molecule has 0 aromatic carbocycles. The zero-order valence-electron chi connectivity index (χ0n) is 8.62. The third kappa shape index (κ3) is 4.15. The Morgan fingerprint density at radius 2 is 1.79 bits per heavy atom. The van der Waals surface area contributed by atoms with Crippen LogP contribution < -0.4 is 5.32 Å². The fourth-order valence-corrected chi connectivity index (χ4v) is 1.67. The number of nitrogens with one attached hydrogen (secondary N) is 1. The van der Waals surface area contributed by atoms with E-state index in [0.29, 0.717) is 6.10 Å². The summed E-state index contributed by atoms with van der Waals surface area (Å²) >= 11 is 0. The van der Waals surface area contributed by atoms with Gasteiger partial charge in [0, 0.05) is 13.2 Å². The number of methoxy groups -OCH3 is 2. The number of alkyl carbamates (subject to hydrolysis) is 1. The van der Waals surface area contributed by atoms with Crippen LogP contribution >= 0.6 is 12.4 Å². The van der Waals surface area contributed by atoms with Crippen molar-refractivity contribution < 1.29 is 14.3 Å². The summed E-state index contributed by atoms with van der Waals surface area (Å²) in [6.45, 7) is 0. The van der Waals surface area contributed by atoms with Gasteiger partial charge < -0.3 is 14.8 Å². The molecule has 1 amide bonds. The summed E-state index contributed by atoms with van der Waals surface area (Å²) in [5, 5.41) is 2.80. The molecule has 0 unspecified atom stereocenters. The Morgan fingerprint density at radius 3 is 2.21 bits per heavy atom. The molecular formula is C9H18ClNO3. The predicted octanol–water partition coefficient (Wildman–Crippen LogP) is 1.72. The highest BCUT2D eigenvalue weighted by molar-refractivity contribution is 5.85. The third-order valence-corrected chi connectivity index (χ3v) is 2.51. The van der Waals surface area contributed by atoms with Gasteiger partial charge in [-0.15, -0.1) is 12.4 Å². The Kier molecular flexibility index (Phi) is 6.66. The highest BCUT2D eigenvalue weighted by Crippen LogP contribution is 2.20. The van der Waals surface area contributed by atoms with Crippen LogP contribution in [0.25, 0.3) is 0 Å². The van der Waals surface area contributed by atoms with E-state index in [1.165, 1.54) is 7.11 Å². The van der Waals surface area contributed by atoms with Crippen LogP contribution in [-0.2, 0) is 9.47 Å². The Labute approximate surface area is 90.7 Å². The molecule has 14 heavy (non-hydrogen) atoms. The molecule has 1 saturated carbocycles. The Bertz CT molecular complexity index is 169. The van der Waals surface area contributed by atoms with Gasteiger partial charge >= 0.3 is 6.09 Å². The number of hydrogen-bond acceptors (Lipinski definition) is 3. The van der Waals surface area contributed by atoms with Gasteiger partial charge in [-0.05, 0) is 25.7 Å². The zero-order valence-corrected chi connectivity index (χ0v) is 9.43. The summed E-state index contributed by atoms with van der Waals surface area (Å²) in [4.78, 5) is 10.9. The van der Waals surface area contributed by atoms with Crippen LogP contribution in [0.3, 0.4) is 0 Å². The van der Waals surface area contributed by atoms with Gasteiger partial charge in [-0.2, -0.15) is 0 Å². The molecule has 1 rings (SSSR count). The summed E-state index contributed by atoms with van der Waals surface area (Å²) in [6.07, 6.45) is 4.04. The summed E-state index contributed by atoms with van der Waals surface area (Å²) in [5.74, 6) is 0. The SMILES string of the molecule is COC(=O)NC1CCC(OC)CC1.Cl. The topological polar surface area (TPSA) is 47.6 Å². The molecule has 84 valence electrons. The Hall–Kier alpha value is -0.480. The van der Waals surface area contributed by atoms with Gasteiger partial charge in [0.15, 0.2) is 0 Å². The smallest absolute Gasteiger partial charge is 0.407 e. The van der Waals surface area contributed by atoms with Crippen LogP contribution in [-0.4, -0.2) is 32.5 Å². The average Bonchev–Trinajstić information content (AvgIpc) is 2.19. The zero-order chi connectivity index (χ0) is 9.68. The minimum absolute atomic E-state index is 0. The van der Waals surface area contributed by atoms with Crippen molar-refractivity contribution in [2.75, 3.05) is 14.2 Å². The molecule has 0 atom stereocenters. The van der Waals surface area contributed by atoms with Crippen molar-refractivity contribution in [3.8, 4) is 0 Å². The van der Waals surface area contributed by atoms with Crippen molar-refractivity contribution in [1.82, 2.24) is 5.32 Å². The molecule has 0 bridgehead atoms. The molecule has 0 heterocycles. The summed E-state index contributed by atoms with van der Waals surface area (Å²) in [5.41, 5.74) is 0. The average molecular weight is 224 g/mol. The number of ether oxygens (including phenoxy) is 2. The lowest BCUT2D eigenvalue weighted by Gasteiger charge is -2.27. The minimum Gasteiger partial charge on any atom is -0.453 e. The number of rotatable bonds is 2. The van der Waals surface area contributed by atoms with Crippen molar-refractivity contribution in [2.45, 2.75) is 37.8 Å². The monoisotopic (exact) mass is 223 g/mol. The maximum atomic E-state index is 10.9. The molecule has 0 aromatic rings. The normalized spacial score (nSPS) is 26.1. The lowest BCUT2D eigenvalue weighted by atomic mass is 9.93. The van der Waals surface area contributed by atoms with Crippen molar-refractivity contribution >= 4 is 18.5 Å². The maximum Gasteiger partial charge on any atom is 0.407 e. The largest absolute Gasteiger partial charge is 0.453 e. The molecule has 1 aliphatic rings. The summed E-state index contributed by atoms with van der Waals surface area (Å²) in [6, 6.07) is 0.263. The first-order chi connectivity index (χ1) is 6.26. The van der Waals surface area contributed by atoms with Gasteiger partial charge in [0.25, 0.3) is 0 Å². The second kappa shape index (κ2) is 6.90. The van der Waals surface area contributed by atoms with E-state index in [1.54, 1.807) is 7.11 Å². The molecule has 0 spiro atoms. The fraction of sp³-hybridized carbons (Fsp3) is 0.889. The van der Waals surface area contributed by atoms with Crippen LogP contribution in [0.4, 0.5) is 4.79 Å². The Morgan fingerprint density at radius 1 is 1.21 bits per heavy atom. The molecule has 1 N–H and O–H groups in total. The quantitative estimate of drug-likeness (QED) is 0.776. The number of carbonyl (C=O) groups excluding carboxylic acids is 1. The first-order valence-electron chi connectivity index (χ1n) is 4.63. The molecule has 1 aliphatic carbocycles. The maximum absolute atomic E-state index is 10.9. The molecule has 1 fully saturated rings. The number of amides is 1. The van der Waals surface area contributed by atoms with E-state index in [1.807, 2.05) is 0 Å². The van der Waals surface area contributed by atoms with Gasteiger partial charge in [-0.1, -0.05) is 0 Å². The van der Waals surface area contributed by atoms with Crippen molar-refractivity contribution in [3.05, 3.63) is 0 Å². The minimum atomic E-state index is -0.333. The molecule has 5 heteroatoms. The van der Waals surface area contributed by atoms with E-state index in [9.17, 15) is 4.79 Å². The van der Waals surface area contributed by atoms with Gasteiger partial charge in [-0.25, -0.2) is 4.79 Å². The molecule has 0 aliphatic heterocycles. The van der Waals surface area contributed by atoms with Crippen molar-refractivity contribution in [1.29, 1.82) is 0 Å². The highest BCUT2D eigenvalue weighted by atomic mass is 35.5. The molecule has 0 radical (unpaired) electrons. The number of carbonyl (C=O) groups is 1. The number of hydrogen-bond donors (Lipinski definition) is 1. The van der Waals surface area contributed by atoms with Gasteiger partial charge in [-0.3, -0.25) is 0 Å². The standard InChI is InChI=1S/C9H17NO3.ClH/c1-12-8-5-3-7(4-6-8)10-9(11)13-2;/h7-8H,3-6H2,1-2H3,(H,10,11);1H. The first-order valence-corrected chi connectivity index (χ1v) is 4.63. The third-order valence-electron chi connectivity index (χ3n) is 2.51. The van der Waals surface area contributed by atoms with Crippen LogP contribution in [0.1, 0.15) is 25.7 Å². The lowest BCUT2D eigenvalue weighted by molar-refractivity contribution is 0.0617. The summed E-state index contributed by atoms with van der Waals surface area (Å²) < 4.78 is 9.75. The van der Waals surface area contributed by atoms with Crippen LogP contribution in [0.2, 0.25) is 0 Å². The van der Waals surface area contributed by atoms with Crippen LogP contribution in [0.5, 0.6) is 0 Å². The van der Waals surface area contributed by atoms with E-state index < -0.39 is 0 Å². The molecule has 0 aromatic heterocycles. The summed E-state index contributed by atoms with van der Waals surface area (Å²) in [7, 11) is 3.12. The van der Waals surface area contributed by atoms with E-state index >= 15 is 0 Å².